The highest BCUT2D eigenvalue weighted by Gasteiger charge is 2.31. The summed E-state index contributed by atoms with van der Waals surface area (Å²) < 4.78 is 25.2. The van der Waals surface area contributed by atoms with E-state index in [0.29, 0.717) is 16.8 Å². The van der Waals surface area contributed by atoms with Crippen molar-refractivity contribution in [3.05, 3.63) is 65.7 Å². The summed E-state index contributed by atoms with van der Waals surface area (Å²) in [6, 6.07) is 14.1. The van der Waals surface area contributed by atoms with E-state index in [0.717, 1.165) is 10.6 Å². The molecule has 0 bridgehead atoms. The smallest absolute Gasteiger partial charge is 0.253 e. The number of sulfonamides is 1. The van der Waals surface area contributed by atoms with Gasteiger partial charge in [0.15, 0.2) is 0 Å². The van der Waals surface area contributed by atoms with Crippen LogP contribution in [0.5, 0.6) is 0 Å². The molecule has 8 heteroatoms. The van der Waals surface area contributed by atoms with Gasteiger partial charge in [-0.15, -0.1) is 0 Å². The van der Waals surface area contributed by atoms with Gasteiger partial charge in [-0.05, 0) is 38.5 Å². The fraction of sp³-hybridized carbons (Fsp3) is 0.333. The van der Waals surface area contributed by atoms with Gasteiger partial charge in [0.2, 0.25) is 15.9 Å². The summed E-state index contributed by atoms with van der Waals surface area (Å²) in [6.07, 6.45) is 1.04. The number of nitrogens with one attached hydrogen (secondary N) is 2. The van der Waals surface area contributed by atoms with Crippen LogP contribution in [0.4, 0.5) is 5.69 Å². The zero-order chi connectivity index (χ0) is 21.8. The molecule has 156 valence electrons. The van der Waals surface area contributed by atoms with Gasteiger partial charge >= 0.3 is 0 Å². The molecule has 2 aromatic rings. The number of benzene rings is 2. The molecule has 0 aliphatic heterocycles. The molecule has 0 spiro atoms. The molecule has 1 atom stereocenters. The van der Waals surface area contributed by atoms with Crippen molar-refractivity contribution in [2.24, 2.45) is 0 Å². The van der Waals surface area contributed by atoms with E-state index in [1.54, 1.807) is 54.6 Å². The lowest BCUT2D eigenvalue weighted by Crippen LogP contribution is -2.41. The minimum Gasteiger partial charge on any atom is -0.347 e. The number of hydrogen-bond donors (Lipinski definition) is 2. The summed E-state index contributed by atoms with van der Waals surface area (Å²) in [7, 11) is -2.29. The fourth-order valence-corrected chi connectivity index (χ4v) is 3.35. The highest BCUT2D eigenvalue weighted by atomic mass is 32.2. The third-order valence-corrected chi connectivity index (χ3v) is 5.43. The van der Waals surface area contributed by atoms with Gasteiger partial charge in [-0.25, -0.2) is 8.42 Å². The number of hydrogen-bond acceptors (Lipinski definition) is 4. The zero-order valence-electron chi connectivity index (χ0n) is 17.3. The lowest BCUT2D eigenvalue weighted by atomic mass is 10.0. The molecule has 0 saturated carbocycles. The van der Waals surface area contributed by atoms with Crippen LogP contribution in [0.3, 0.4) is 0 Å². The molecule has 0 unspecified atom stereocenters. The van der Waals surface area contributed by atoms with Crippen LogP contribution in [0.1, 0.15) is 42.7 Å². The molecule has 0 heterocycles. The molecule has 7 nitrogen and oxygen atoms in total. The van der Waals surface area contributed by atoms with Crippen LogP contribution in [0, 0.1) is 0 Å². The number of anilines is 1. The second-order valence-corrected chi connectivity index (χ2v) is 9.87. The number of para-hydroxylation sites is 1. The van der Waals surface area contributed by atoms with E-state index in [-0.39, 0.29) is 5.91 Å². The molecule has 29 heavy (non-hydrogen) atoms. The van der Waals surface area contributed by atoms with Crippen LogP contribution in [-0.4, -0.2) is 43.4 Å². The summed E-state index contributed by atoms with van der Waals surface area (Å²) in [5, 5.41) is 5.58. The average molecular weight is 418 g/mol. The van der Waals surface area contributed by atoms with E-state index in [1.165, 1.54) is 7.05 Å². The lowest BCUT2D eigenvalue weighted by Gasteiger charge is -2.26. The molecular formula is C21H27N3O4S. The van der Waals surface area contributed by atoms with Crippen molar-refractivity contribution in [1.82, 2.24) is 9.62 Å². The molecule has 0 aliphatic carbocycles. The summed E-state index contributed by atoms with van der Waals surface area (Å²) in [6.45, 7) is 5.58. The summed E-state index contributed by atoms with van der Waals surface area (Å²) >= 11 is 0. The number of rotatable bonds is 6. The normalized spacial score (nSPS) is 13.0. The van der Waals surface area contributed by atoms with Crippen molar-refractivity contribution in [2.45, 2.75) is 32.4 Å². The van der Waals surface area contributed by atoms with Crippen molar-refractivity contribution in [3.8, 4) is 0 Å². The Morgan fingerprint density at radius 2 is 1.52 bits per heavy atom. The topological polar surface area (TPSA) is 95.6 Å². The molecule has 2 N–H and O–H groups in total. The molecule has 0 aromatic heterocycles. The minimum absolute atomic E-state index is 0.296. The van der Waals surface area contributed by atoms with Gasteiger partial charge in [0.1, 0.15) is 6.04 Å². The highest BCUT2D eigenvalue weighted by molar-refractivity contribution is 7.88. The highest BCUT2D eigenvalue weighted by Crippen LogP contribution is 2.25. The first kappa shape index (κ1) is 22.6. The van der Waals surface area contributed by atoms with E-state index >= 15 is 0 Å². The molecule has 2 rings (SSSR count). The summed E-state index contributed by atoms with van der Waals surface area (Å²) in [5.41, 5.74) is 0.679. The predicted molar refractivity (Wildman–Crippen MR) is 114 cm³/mol. The van der Waals surface area contributed by atoms with Gasteiger partial charge < -0.3 is 10.6 Å². The molecule has 2 aromatic carbocycles. The Labute approximate surface area is 172 Å². The Balaban J connectivity index is 2.39. The number of nitrogens with zero attached hydrogens (tertiary/aromatic N) is 1. The first-order chi connectivity index (χ1) is 13.4. The summed E-state index contributed by atoms with van der Waals surface area (Å²) in [5.74, 6) is -0.888. The van der Waals surface area contributed by atoms with E-state index in [2.05, 4.69) is 10.6 Å². The van der Waals surface area contributed by atoms with Crippen LogP contribution < -0.4 is 10.6 Å². The number of carbonyl (C=O) groups is 2. The maximum absolute atomic E-state index is 13.1. The Bertz CT molecular complexity index is 982. The second kappa shape index (κ2) is 8.75. The van der Waals surface area contributed by atoms with Crippen molar-refractivity contribution in [3.63, 3.8) is 0 Å². The fourth-order valence-electron chi connectivity index (χ4n) is 2.75. The molecule has 0 radical (unpaired) electrons. The lowest BCUT2D eigenvalue weighted by molar-refractivity contribution is -0.119. The van der Waals surface area contributed by atoms with E-state index in [1.807, 2.05) is 20.8 Å². The Hall–Kier alpha value is -2.71. The van der Waals surface area contributed by atoms with Crippen molar-refractivity contribution in [2.75, 3.05) is 18.6 Å². The maximum atomic E-state index is 13.1. The number of amides is 2. The third kappa shape index (κ3) is 6.13. The largest absolute Gasteiger partial charge is 0.347 e. The maximum Gasteiger partial charge on any atom is 0.253 e. The van der Waals surface area contributed by atoms with Crippen molar-refractivity contribution in [1.29, 1.82) is 0 Å². The standard InChI is InChI=1S/C21H27N3O4S/c1-21(2,3)23-19(25)16-13-9-10-14-17(16)22-20(26)18(24(4)29(5,27)28)15-11-7-6-8-12-15/h6-14,18H,1-5H3,(H,22,26)(H,23,25)/t18-/m1/s1. The zero-order valence-corrected chi connectivity index (χ0v) is 18.1. The van der Waals surface area contributed by atoms with E-state index in [9.17, 15) is 18.0 Å². The Kier molecular flexibility index (Phi) is 6.81. The van der Waals surface area contributed by atoms with Gasteiger partial charge in [0.25, 0.3) is 5.91 Å². The Morgan fingerprint density at radius 1 is 0.966 bits per heavy atom. The third-order valence-electron chi connectivity index (χ3n) is 4.17. The van der Waals surface area contributed by atoms with Crippen LogP contribution in [0.25, 0.3) is 0 Å². The SMILES string of the molecule is CN([C@@H](C(=O)Nc1ccccc1C(=O)NC(C)(C)C)c1ccccc1)S(C)(=O)=O. The first-order valence-electron chi connectivity index (χ1n) is 9.10. The van der Waals surface area contributed by atoms with Crippen LogP contribution >= 0.6 is 0 Å². The van der Waals surface area contributed by atoms with E-state index in [4.69, 9.17) is 0 Å². The molecule has 2 amide bonds. The van der Waals surface area contributed by atoms with E-state index < -0.39 is 27.5 Å². The predicted octanol–water partition coefficient (Wildman–Crippen LogP) is 2.79. The van der Waals surface area contributed by atoms with Crippen molar-refractivity contribution >= 4 is 27.5 Å². The van der Waals surface area contributed by atoms with Gasteiger partial charge in [-0.3, -0.25) is 9.59 Å². The average Bonchev–Trinajstić information content (AvgIpc) is 2.61. The van der Waals surface area contributed by atoms with Crippen LogP contribution in [0.15, 0.2) is 54.6 Å². The monoisotopic (exact) mass is 417 g/mol. The van der Waals surface area contributed by atoms with Crippen molar-refractivity contribution < 1.29 is 18.0 Å². The molecule has 0 aliphatic rings. The molecule has 0 fully saturated rings. The minimum atomic E-state index is -3.64. The summed E-state index contributed by atoms with van der Waals surface area (Å²) in [4.78, 5) is 25.7. The molecule has 0 saturated heterocycles. The quantitative estimate of drug-likeness (QED) is 0.755. The molecular weight excluding hydrogens is 390 g/mol. The first-order valence-corrected chi connectivity index (χ1v) is 11.0. The van der Waals surface area contributed by atoms with Crippen LogP contribution in [-0.2, 0) is 14.8 Å². The van der Waals surface area contributed by atoms with Crippen LogP contribution in [0.2, 0.25) is 0 Å². The van der Waals surface area contributed by atoms with Gasteiger partial charge in [0, 0.05) is 12.6 Å². The van der Waals surface area contributed by atoms with Gasteiger partial charge in [-0.2, -0.15) is 4.31 Å². The van der Waals surface area contributed by atoms with Gasteiger partial charge in [-0.1, -0.05) is 42.5 Å². The Morgan fingerprint density at radius 3 is 2.07 bits per heavy atom. The second-order valence-electron chi connectivity index (χ2n) is 7.83. The number of carbonyl (C=O) groups excluding carboxylic acids is 2. The number of likely N-dealkylation sites (N-methyl/N-ethyl adjacent to an activating group) is 1. The van der Waals surface area contributed by atoms with Gasteiger partial charge in [0.05, 0.1) is 17.5 Å².